The van der Waals surface area contributed by atoms with Crippen LogP contribution in [0.5, 0.6) is 0 Å². The summed E-state index contributed by atoms with van der Waals surface area (Å²) in [6.07, 6.45) is -4.42. The zero-order valence-electron chi connectivity index (χ0n) is 7.10. The molecule has 0 aliphatic heterocycles. The van der Waals surface area contributed by atoms with Gasteiger partial charge >= 0.3 is 6.18 Å². The Hall–Kier alpha value is -0.820. The first-order valence-corrected chi connectivity index (χ1v) is 5.42. The molecule has 2 heterocycles. The molecule has 2 aromatic rings. The summed E-state index contributed by atoms with van der Waals surface area (Å²) in [6.45, 7) is 0. The Kier molecular flexibility index (Phi) is 2.38. The van der Waals surface area contributed by atoms with Gasteiger partial charge in [0.05, 0.1) is 4.47 Å². The van der Waals surface area contributed by atoms with Crippen molar-refractivity contribution in [1.29, 1.82) is 0 Å². The van der Waals surface area contributed by atoms with E-state index < -0.39 is 11.9 Å². The van der Waals surface area contributed by atoms with Crippen LogP contribution in [0.25, 0.3) is 10.2 Å². The van der Waals surface area contributed by atoms with Crippen molar-refractivity contribution in [3.63, 3.8) is 0 Å². The molecule has 0 aliphatic carbocycles. The maximum Gasteiger partial charge on any atom is 0.433 e. The van der Waals surface area contributed by atoms with Crippen LogP contribution in [0.4, 0.5) is 18.2 Å². The molecule has 0 aliphatic rings. The van der Waals surface area contributed by atoms with Crippen molar-refractivity contribution in [3.05, 3.63) is 22.3 Å². The molecule has 0 fully saturated rings. The highest BCUT2D eigenvalue weighted by Crippen LogP contribution is 2.38. The zero-order chi connectivity index (χ0) is 11.2. The summed E-state index contributed by atoms with van der Waals surface area (Å²) in [5, 5.41) is 1.03. The third-order valence-electron chi connectivity index (χ3n) is 1.81. The predicted molar refractivity (Wildman–Crippen MR) is 56.7 cm³/mol. The van der Waals surface area contributed by atoms with Gasteiger partial charge in [-0.15, -0.1) is 0 Å². The van der Waals surface area contributed by atoms with Gasteiger partial charge in [0.1, 0.15) is 15.5 Å². The lowest BCUT2D eigenvalue weighted by molar-refractivity contribution is -0.140. The van der Waals surface area contributed by atoms with E-state index in [1.165, 1.54) is 6.07 Å². The number of halogens is 4. The van der Waals surface area contributed by atoms with Crippen molar-refractivity contribution >= 4 is 42.5 Å². The molecule has 0 aromatic carbocycles. The second kappa shape index (κ2) is 3.34. The molecule has 7 heteroatoms. The minimum absolute atomic E-state index is 0.286. The average molecular weight is 297 g/mol. The molecule has 0 unspecified atom stereocenters. The lowest BCUT2D eigenvalue weighted by Gasteiger charge is -2.04. The van der Waals surface area contributed by atoms with Gasteiger partial charge in [0, 0.05) is 5.39 Å². The maximum absolute atomic E-state index is 12.3. The second-order valence-electron chi connectivity index (χ2n) is 2.83. The van der Waals surface area contributed by atoms with Crippen LogP contribution in [0.3, 0.4) is 0 Å². The molecule has 0 atom stereocenters. The molecule has 80 valence electrons. The van der Waals surface area contributed by atoms with Crippen LogP contribution in [-0.4, -0.2) is 4.98 Å². The van der Waals surface area contributed by atoms with Crippen LogP contribution in [0.15, 0.2) is 16.6 Å². The predicted octanol–water partition coefficient (Wildman–Crippen LogP) is 3.66. The molecule has 2 N–H and O–H groups in total. The lowest BCUT2D eigenvalue weighted by atomic mass is 10.3. The molecular weight excluding hydrogens is 293 g/mol. The summed E-state index contributed by atoms with van der Waals surface area (Å²) in [4.78, 5) is 3.80. The Morgan fingerprint density at radius 1 is 1.33 bits per heavy atom. The normalized spacial score (nSPS) is 12.3. The van der Waals surface area contributed by atoms with Crippen molar-refractivity contribution in [3.8, 4) is 0 Å². The number of alkyl halides is 3. The highest BCUT2D eigenvalue weighted by molar-refractivity contribution is 9.10. The second-order valence-corrected chi connectivity index (χ2v) is 4.65. The number of nitrogens with two attached hydrogens (primary N) is 1. The molecule has 15 heavy (non-hydrogen) atoms. The van der Waals surface area contributed by atoms with Crippen LogP contribution >= 0.6 is 27.3 Å². The SMILES string of the molecule is Nc1sc2nc(C(F)(F)F)ccc2c1Br. The van der Waals surface area contributed by atoms with Crippen LogP contribution in [-0.2, 0) is 6.18 Å². The number of rotatable bonds is 0. The summed E-state index contributed by atoms with van der Waals surface area (Å²) >= 11 is 4.22. The molecule has 0 saturated heterocycles. The molecule has 2 rings (SSSR count). The molecule has 2 aromatic heterocycles. The maximum atomic E-state index is 12.3. The number of fused-ring (bicyclic) bond motifs is 1. The van der Waals surface area contributed by atoms with E-state index in [4.69, 9.17) is 5.73 Å². The van der Waals surface area contributed by atoms with E-state index in [1.807, 2.05) is 0 Å². The third-order valence-corrected chi connectivity index (χ3v) is 3.86. The van der Waals surface area contributed by atoms with Gasteiger partial charge < -0.3 is 5.73 Å². The molecule has 0 amide bonds. The number of hydrogen-bond acceptors (Lipinski definition) is 3. The van der Waals surface area contributed by atoms with Crippen LogP contribution in [0.1, 0.15) is 5.69 Å². The van der Waals surface area contributed by atoms with Crippen molar-refractivity contribution in [2.24, 2.45) is 0 Å². The Labute approximate surface area is 95.0 Å². The molecule has 0 spiro atoms. The van der Waals surface area contributed by atoms with E-state index in [2.05, 4.69) is 20.9 Å². The summed E-state index contributed by atoms with van der Waals surface area (Å²) < 4.78 is 37.6. The first kappa shape index (κ1) is 10.7. The zero-order valence-corrected chi connectivity index (χ0v) is 9.50. The summed E-state index contributed by atoms with van der Waals surface area (Å²) in [5.41, 5.74) is 4.66. The number of pyridine rings is 1. The fourth-order valence-electron chi connectivity index (χ4n) is 1.12. The summed E-state index contributed by atoms with van der Waals surface area (Å²) in [7, 11) is 0. The van der Waals surface area contributed by atoms with Gasteiger partial charge in [0.15, 0.2) is 0 Å². The van der Waals surface area contributed by atoms with E-state index in [9.17, 15) is 13.2 Å². The van der Waals surface area contributed by atoms with Gasteiger partial charge in [0.25, 0.3) is 0 Å². The van der Waals surface area contributed by atoms with Gasteiger partial charge in [-0.1, -0.05) is 11.3 Å². The Morgan fingerprint density at radius 3 is 2.60 bits per heavy atom. The van der Waals surface area contributed by atoms with E-state index in [-0.39, 0.29) is 4.83 Å². The van der Waals surface area contributed by atoms with E-state index in [0.717, 1.165) is 17.4 Å². The fraction of sp³-hybridized carbons (Fsp3) is 0.125. The monoisotopic (exact) mass is 296 g/mol. The number of hydrogen-bond donors (Lipinski definition) is 1. The Morgan fingerprint density at radius 2 is 2.00 bits per heavy atom. The summed E-state index contributed by atoms with van der Waals surface area (Å²) in [6, 6.07) is 2.31. The molecular formula is C8H4BrF3N2S. The number of thiophene rings is 1. The minimum atomic E-state index is -4.42. The molecule has 2 nitrogen and oxygen atoms in total. The fourth-order valence-corrected chi connectivity index (χ4v) is 2.65. The van der Waals surface area contributed by atoms with Crippen molar-refractivity contribution in [1.82, 2.24) is 4.98 Å². The molecule has 0 radical (unpaired) electrons. The smallest absolute Gasteiger partial charge is 0.390 e. The van der Waals surface area contributed by atoms with Gasteiger partial charge in [-0.05, 0) is 28.1 Å². The van der Waals surface area contributed by atoms with Gasteiger partial charge in [-0.2, -0.15) is 13.2 Å². The van der Waals surface area contributed by atoms with Gasteiger partial charge in [-0.25, -0.2) is 4.98 Å². The van der Waals surface area contributed by atoms with E-state index >= 15 is 0 Å². The topological polar surface area (TPSA) is 38.9 Å². The largest absolute Gasteiger partial charge is 0.433 e. The Balaban J connectivity index is 2.67. The lowest BCUT2D eigenvalue weighted by Crippen LogP contribution is -2.06. The van der Waals surface area contributed by atoms with E-state index in [1.54, 1.807) is 0 Å². The third kappa shape index (κ3) is 1.81. The van der Waals surface area contributed by atoms with Gasteiger partial charge in [0.2, 0.25) is 0 Å². The molecule has 0 bridgehead atoms. The van der Waals surface area contributed by atoms with Crippen molar-refractivity contribution in [2.45, 2.75) is 6.18 Å². The standard InChI is InChI=1S/C8H4BrF3N2S/c9-5-3-1-2-4(8(10,11)12)14-7(3)15-6(5)13/h1-2H,13H2. The first-order valence-electron chi connectivity index (χ1n) is 3.81. The van der Waals surface area contributed by atoms with Crippen molar-refractivity contribution in [2.75, 3.05) is 5.73 Å². The number of anilines is 1. The van der Waals surface area contributed by atoms with E-state index in [0.29, 0.717) is 14.9 Å². The number of nitrogen functional groups attached to an aromatic ring is 1. The van der Waals surface area contributed by atoms with Crippen LogP contribution < -0.4 is 5.73 Å². The Bertz CT molecular complexity index is 520. The van der Waals surface area contributed by atoms with Crippen LogP contribution in [0.2, 0.25) is 0 Å². The highest BCUT2D eigenvalue weighted by Gasteiger charge is 2.32. The number of nitrogens with zero attached hydrogens (tertiary/aromatic N) is 1. The van der Waals surface area contributed by atoms with Crippen LogP contribution in [0, 0.1) is 0 Å². The first-order chi connectivity index (χ1) is 6.89. The average Bonchev–Trinajstić information content (AvgIpc) is 2.41. The quantitative estimate of drug-likeness (QED) is 0.806. The minimum Gasteiger partial charge on any atom is -0.390 e. The summed E-state index contributed by atoms with van der Waals surface area (Å²) in [5.74, 6) is 0. The van der Waals surface area contributed by atoms with Crippen molar-refractivity contribution < 1.29 is 13.2 Å². The molecule has 0 saturated carbocycles. The van der Waals surface area contributed by atoms with Gasteiger partial charge in [-0.3, -0.25) is 0 Å². The number of aromatic nitrogens is 1. The highest BCUT2D eigenvalue weighted by atomic mass is 79.9.